The van der Waals surface area contributed by atoms with Crippen molar-refractivity contribution in [2.45, 2.75) is 33.1 Å². The molecule has 0 aliphatic rings. The van der Waals surface area contributed by atoms with Crippen molar-refractivity contribution in [3.63, 3.8) is 0 Å². The van der Waals surface area contributed by atoms with Crippen molar-refractivity contribution < 1.29 is 5.48 Å². The van der Waals surface area contributed by atoms with Crippen LogP contribution in [0.5, 0.6) is 0 Å². The summed E-state index contributed by atoms with van der Waals surface area (Å²) in [5.41, 5.74) is 0. The molecule has 38 valence electrons. The first kappa shape index (κ1) is 9.35. The molecule has 1 nitrogen and oxygen atoms in total. The summed E-state index contributed by atoms with van der Waals surface area (Å²) in [5.74, 6) is 0. The third-order valence-electron chi connectivity index (χ3n) is 0.707. The van der Waals surface area contributed by atoms with Gasteiger partial charge in [0.25, 0.3) is 0 Å². The molecule has 0 unspecified atom stereocenters. The molecule has 0 rings (SSSR count). The van der Waals surface area contributed by atoms with Crippen LogP contribution in [0.1, 0.15) is 33.1 Å². The summed E-state index contributed by atoms with van der Waals surface area (Å²) >= 11 is 0. The first-order valence-corrected chi connectivity index (χ1v) is 2.41. The fourth-order valence-corrected chi connectivity index (χ4v) is 0.354. The van der Waals surface area contributed by atoms with E-state index in [0.29, 0.717) is 0 Å². The zero-order valence-corrected chi connectivity index (χ0v) is 4.53. The number of hydrogen-bond acceptors (Lipinski definition) is 0. The summed E-state index contributed by atoms with van der Waals surface area (Å²) < 4.78 is 0. The van der Waals surface area contributed by atoms with Crippen molar-refractivity contribution in [2.24, 2.45) is 0 Å². The number of unbranched alkanes of at least 4 members (excludes halogenated alkanes) is 2. The summed E-state index contributed by atoms with van der Waals surface area (Å²) in [6.45, 7) is 4.42. The minimum atomic E-state index is 0. The minimum Gasteiger partial charge on any atom is -0.0654 e. The molecule has 0 saturated heterocycles. The van der Waals surface area contributed by atoms with Gasteiger partial charge in [0.15, 0.2) is 0 Å². The van der Waals surface area contributed by atoms with Crippen LogP contribution in [0.3, 0.4) is 0 Å². The predicted molar refractivity (Wildman–Crippen MR) is 25.9 cm³/mol. The third-order valence-corrected chi connectivity index (χ3v) is 0.707. The Morgan fingerprint density at radius 3 is 1.33 bits per heavy atom. The van der Waals surface area contributed by atoms with Gasteiger partial charge in [-0.15, -0.1) is 0 Å². The molecular formula is C5H12O. The highest BCUT2D eigenvalue weighted by molar-refractivity contribution is 4.24. The first-order chi connectivity index (χ1) is 2.41. The topological polar surface area (TPSA) is 28.5 Å². The lowest BCUT2D eigenvalue weighted by molar-refractivity contribution is 0.686. The van der Waals surface area contributed by atoms with E-state index in [4.69, 9.17) is 0 Å². The lowest BCUT2D eigenvalue weighted by atomic mass is 10.3. The molecule has 1 heteroatoms. The van der Waals surface area contributed by atoms with Crippen molar-refractivity contribution in [1.29, 1.82) is 0 Å². The van der Waals surface area contributed by atoms with E-state index in [1.165, 1.54) is 19.3 Å². The van der Waals surface area contributed by atoms with E-state index in [0.717, 1.165) is 0 Å². The lowest BCUT2D eigenvalue weighted by Gasteiger charge is -1.79. The predicted octanol–water partition coefficient (Wildman–Crippen LogP) is 2.08. The Hall–Kier alpha value is -0.0400. The normalized spacial score (nSPS) is 7.00. The van der Waals surface area contributed by atoms with Gasteiger partial charge >= 0.3 is 0 Å². The third kappa shape index (κ3) is 9.03. The molecule has 0 fully saturated rings. The van der Waals surface area contributed by atoms with Crippen molar-refractivity contribution >= 4 is 0 Å². The molecular weight excluding hydrogens is 76.1 g/mol. The van der Waals surface area contributed by atoms with Crippen LogP contribution in [0.2, 0.25) is 0 Å². The molecule has 0 heterocycles. The maximum Gasteiger partial charge on any atom is 0 e. The Bertz CT molecular complexity index is 11.4. The van der Waals surface area contributed by atoms with E-state index >= 15 is 0 Å². The van der Waals surface area contributed by atoms with Crippen molar-refractivity contribution in [3.05, 3.63) is 0 Å². The standard InChI is InChI=1S/C5H12.O/c1-3-5-4-2;/h3-5H2,1-2H3;. The van der Waals surface area contributed by atoms with Crippen molar-refractivity contribution in [1.82, 2.24) is 0 Å². The maximum absolute atomic E-state index is 2.21. The van der Waals surface area contributed by atoms with Gasteiger partial charge < -0.3 is 0 Å². The van der Waals surface area contributed by atoms with Crippen molar-refractivity contribution in [3.8, 4) is 0 Å². The van der Waals surface area contributed by atoms with E-state index in [9.17, 15) is 0 Å². The van der Waals surface area contributed by atoms with E-state index in [-0.39, 0.29) is 5.48 Å². The van der Waals surface area contributed by atoms with Crippen LogP contribution >= 0.6 is 0 Å². The van der Waals surface area contributed by atoms with E-state index in [1.54, 1.807) is 0 Å². The quantitative estimate of drug-likeness (QED) is 0.494. The molecule has 0 N–H and O–H groups in total. The molecule has 2 radical (unpaired) electrons. The summed E-state index contributed by atoms with van der Waals surface area (Å²) in [5, 5.41) is 0. The van der Waals surface area contributed by atoms with Gasteiger partial charge in [-0.25, -0.2) is 0 Å². The van der Waals surface area contributed by atoms with E-state index in [2.05, 4.69) is 13.8 Å². The Morgan fingerprint density at radius 1 is 1.00 bits per heavy atom. The summed E-state index contributed by atoms with van der Waals surface area (Å²) in [6, 6.07) is 0. The molecule has 0 atom stereocenters. The highest BCUT2D eigenvalue weighted by Crippen LogP contribution is 1.88. The van der Waals surface area contributed by atoms with Crippen LogP contribution in [0, 0.1) is 0 Å². The molecule has 0 saturated carbocycles. The second-order valence-electron chi connectivity index (χ2n) is 1.35. The molecule has 0 spiro atoms. The second kappa shape index (κ2) is 8.88. The van der Waals surface area contributed by atoms with E-state index < -0.39 is 0 Å². The monoisotopic (exact) mass is 88.1 g/mol. The van der Waals surface area contributed by atoms with Gasteiger partial charge in [0.1, 0.15) is 0 Å². The smallest absolute Gasteiger partial charge is 0 e. The van der Waals surface area contributed by atoms with Crippen LogP contribution in [0.4, 0.5) is 0 Å². The second-order valence-corrected chi connectivity index (χ2v) is 1.35. The van der Waals surface area contributed by atoms with Gasteiger partial charge in [0.2, 0.25) is 0 Å². The van der Waals surface area contributed by atoms with Crippen LogP contribution in [0.25, 0.3) is 0 Å². The number of rotatable bonds is 2. The molecule has 0 amide bonds. The maximum atomic E-state index is 2.21. The van der Waals surface area contributed by atoms with Gasteiger partial charge in [-0.3, -0.25) is 0 Å². The molecule has 0 aromatic rings. The van der Waals surface area contributed by atoms with Gasteiger partial charge in [0.05, 0.1) is 0 Å². The molecule has 6 heavy (non-hydrogen) atoms. The average Bonchev–Trinajstić information content (AvgIpc) is 1.41. The van der Waals surface area contributed by atoms with Crippen LogP contribution in [-0.2, 0) is 5.48 Å². The summed E-state index contributed by atoms with van der Waals surface area (Å²) in [7, 11) is 0. The van der Waals surface area contributed by atoms with Crippen molar-refractivity contribution in [2.75, 3.05) is 0 Å². The van der Waals surface area contributed by atoms with Gasteiger partial charge in [-0.2, -0.15) is 0 Å². The Balaban J connectivity index is 0. The van der Waals surface area contributed by atoms with Gasteiger partial charge in [-0.1, -0.05) is 33.1 Å². The molecule has 0 aromatic heterocycles. The fourth-order valence-electron chi connectivity index (χ4n) is 0.354. The Labute approximate surface area is 39.7 Å². The van der Waals surface area contributed by atoms with E-state index in [1.807, 2.05) is 0 Å². The largest absolute Gasteiger partial charge is 0.0654 e. The Kier molecular flexibility index (Phi) is 13.8. The van der Waals surface area contributed by atoms with Crippen LogP contribution in [-0.4, -0.2) is 0 Å². The number of hydrogen-bond donors (Lipinski definition) is 0. The molecule has 0 aliphatic heterocycles. The summed E-state index contributed by atoms with van der Waals surface area (Å²) in [4.78, 5) is 0. The van der Waals surface area contributed by atoms with Crippen LogP contribution in [0.15, 0.2) is 0 Å². The minimum absolute atomic E-state index is 0. The SMILES string of the molecule is CCCCC.[O]. The molecule has 0 bridgehead atoms. The summed E-state index contributed by atoms with van der Waals surface area (Å²) in [6.07, 6.45) is 4.08. The zero-order valence-electron chi connectivity index (χ0n) is 4.53. The first-order valence-electron chi connectivity index (χ1n) is 2.41. The van der Waals surface area contributed by atoms with Gasteiger partial charge in [-0.05, 0) is 0 Å². The zero-order chi connectivity index (χ0) is 4.12. The fraction of sp³-hybridized carbons (Fsp3) is 1.00. The van der Waals surface area contributed by atoms with Gasteiger partial charge in [0, 0.05) is 5.48 Å². The molecule has 0 aromatic carbocycles. The highest BCUT2D eigenvalue weighted by atomic mass is 16.0. The average molecular weight is 88.1 g/mol. The lowest BCUT2D eigenvalue weighted by Crippen LogP contribution is -1.59. The Morgan fingerprint density at radius 2 is 1.33 bits per heavy atom. The highest BCUT2D eigenvalue weighted by Gasteiger charge is 1.68. The molecule has 0 aliphatic carbocycles. The van der Waals surface area contributed by atoms with Crippen LogP contribution < -0.4 is 0 Å².